The van der Waals surface area contributed by atoms with Crippen LogP contribution >= 0.6 is 0 Å². The summed E-state index contributed by atoms with van der Waals surface area (Å²) >= 11 is -1.38. The van der Waals surface area contributed by atoms with Gasteiger partial charge in [-0.1, -0.05) is 36.4 Å². The van der Waals surface area contributed by atoms with Crippen LogP contribution in [0.1, 0.15) is 60.4 Å². The van der Waals surface area contributed by atoms with E-state index in [2.05, 4.69) is 15.3 Å². The van der Waals surface area contributed by atoms with Gasteiger partial charge in [-0.2, -0.15) is 0 Å². The van der Waals surface area contributed by atoms with E-state index in [1.54, 1.807) is 36.7 Å². The first-order valence-electron chi connectivity index (χ1n) is 13.4. The maximum absolute atomic E-state index is 14.2. The van der Waals surface area contributed by atoms with Crippen LogP contribution in [0.5, 0.6) is 0 Å². The monoisotopic (exact) mass is 573 g/mol. The SMILES string of the molecule is CC(C)(C)[S+]([O-])N1Cc2cc(C(=O)NCc3ccccc3F)nc(-c3cccc(-c4cncnc4)c3)c2[C@@H]1CCO. The molecule has 2 N–H and O–H groups in total. The van der Waals surface area contributed by atoms with Gasteiger partial charge in [0.15, 0.2) is 0 Å². The summed E-state index contributed by atoms with van der Waals surface area (Å²) in [7, 11) is 0. The number of halogens is 1. The van der Waals surface area contributed by atoms with E-state index < -0.39 is 27.8 Å². The van der Waals surface area contributed by atoms with Crippen molar-refractivity contribution >= 4 is 17.3 Å². The third-order valence-electron chi connectivity index (χ3n) is 6.95. The molecule has 1 aliphatic rings. The Balaban J connectivity index is 1.60. The lowest BCUT2D eigenvalue weighted by molar-refractivity contribution is 0.0945. The van der Waals surface area contributed by atoms with Gasteiger partial charge in [-0.05, 0) is 56.5 Å². The van der Waals surface area contributed by atoms with E-state index >= 15 is 0 Å². The number of hydrogen-bond acceptors (Lipinski definition) is 7. The summed E-state index contributed by atoms with van der Waals surface area (Å²) in [6, 6.07) is 15.4. The van der Waals surface area contributed by atoms with E-state index in [4.69, 9.17) is 4.98 Å². The Labute approximate surface area is 242 Å². The predicted octanol–water partition coefficient (Wildman–Crippen LogP) is 4.98. The molecule has 5 rings (SSSR count). The number of aliphatic hydroxyl groups excluding tert-OH is 1. The molecule has 1 amide bonds. The molecule has 2 aromatic carbocycles. The fraction of sp³-hybridized carbons (Fsp3) is 0.290. The van der Waals surface area contributed by atoms with E-state index in [1.165, 1.54) is 12.4 Å². The van der Waals surface area contributed by atoms with Crippen LogP contribution in [0, 0.1) is 5.82 Å². The summed E-state index contributed by atoms with van der Waals surface area (Å²) in [5.74, 6) is -0.844. The van der Waals surface area contributed by atoms with Crippen molar-refractivity contribution in [2.45, 2.75) is 51.1 Å². The Hall–Kier alpha value is -3.70. The average molecular weight is 574 g/mol. The van der Waals surface area contributed by atoms with E-state index in [9.17, 15) is 18.8 Å². The third-order valence-corrected chi connectivity index (χ3v) is 8.81. The molecule has 1 aliphatic heterocycles. The molecule has 0 fully saturated rings. The number of benzene rings is 2. The van der Waals surface area contributed by atoms with Crippen molar-refractivity contribution in [3.8, 4) is 22.4 Å². The van der Waals surface area contributed by atoms with Crippen molar-refractivity contribution in [3.63, 3.8) is 0 Å². The molecule has 2 atom stereocenters. The molecular formula is C31H32FN5O3S. The number of aliphatic hydroxyl groups is 1. The van der Waals surface area contributed by atoms with Crippen LogP contribution in [0.3, 0.4) is 0 Å². The van der Waals surface area contributed by atoms with E-state index in [0.717, 1.165) is 27.8 Å². The van der Waals surface area contributed by atoms with Crippen molar-refractivity contribution in [1.29, 1.82) is 0 Å². The van der Waals surface area contributed by atoms with Crippen LogP contribution in [0.4, 0.5) is 4.39 Å². The molecule has 2 aromatic heterocycles. The van der Waals surface area contributed by atoms with Gasteiger partial charge in [-0.3, -0.25) is 4.79 Å². The molecule has 1 unspecified atom stereocenters. The zero-order valence-electron chi connectivity index (χ0n) is 23.2. The van der Waals surface area contributed by atoms with Crippen molar-refractivity contribution in [2.24, 2.45) is 0 Å². The van der Waals surface area contributed by atoms with Gasteiger partial charge in [0.05, 0.1) is 18.3 Å². The second kappa shape index (κ2) is 12.0. The Morgan fingerprint density at radius 3 is 2.54 bits per heavy atom. The van der Waals surface area contributed by atoms with Crippen LogP contribution < -0.4 is 5.32 Å². The minimum absolute atomic E-state index is 0.0103. The van der Waals surface area contributed by atoms with Gasteiger partial charge in [0.1, 0.15) is 22.6 Å². The largest absolute Gasteiger partial charge is 0.597 e. The van der Waals surface area contributed by atoms with Crippen molar-refractivity contribution < 1.29 is 18.8 Å². The lowest BCUT2D eigenvalue weighted by Gasteiger charge is -2.33. The first-order valence-corrected chi connectivity index (χ1v) is 14.5. The summed E-state index contributed by atoms with van der Waals surface area (Å²) in [4.78, 5) is 26.4. The number of fused-ring (bicyclic) bond motifs is 1. The summed E-state index contributed by atoms with van der Waals surface area (Å²) in [5.41, 5.74) is 5.23. The van der Waals surface area contributed by atoms with Crippen LogP contribution in [0.2, 0.25) is 0 Å². The Morgan fingerprint density at radius 2 is 1.83 bits per heavy atom. The maximum atomic E-state index is 14.2. The number of carbonyl (C=O) groups excluding carboxylic acids is 1. The fourth-order valence-electron chi connectivity index (χ4n) is 5.01. The van der Waals surface area contributed by atoms with E-state index in [1.807, 2.05) is 49.3 Å². The molecule has 41 heavy (non-hydrogen) atoms. The van der Waals surface area contributed by atoms with Gasteiger partial charge in [-0.25, -0.2) is 19.3 Å². The Bertz CT molecular complexity index is 1550. The molecule has 212 valence electrons. The highest BCUT2D eigenvalue weighted by Crippen LogP contribution is 2.45. The molecule has 10 heteroatoms. The van der Waals surface area contributed by atoms with E-state index in [0.29, 0.717) is 24.2 Å². The van der Waals surface area contributed by atoms with Crippen molar-refractivity contribution in [1.82, 2.24) is 24.6 Å². The minimum atomic E-state index is -1.38. The number of hydrogen-bond donors (Lipinski definition) is 2. The number of amides is 1. The average Bonchev–Trinajstić information content (AvgIpc) is 3.34. The third kappa shape index (κ3) is 6.15. The predicted molar refractivity (Wildman–Crippen MR) is 156 cm³/mol. The van der Waals surface area contributed by atoms with Gasteiger partial charge in [0.2, 0.25) is 0 Å². The molecule has 3 heterocycles. The first-order chi connectivity index (χ1) is 19.7. The molecular weight excluding hydrogens is 541 g/mol. The molecule has 0 radical (unpaired) electrons. The smallest absolute Gasteiger partial charge is 0.270 e. The molecule has 4 aromatic rings. The van der Waals surface area contributed by atoms with Gasteiger partial charge in [0, 0.05) is 59.2 Å². The standard InChI is InChI=1S/C31H32FN5O3S/c1-31(2,3)41(40)37-18-23-14-26(30(39)35-17-22-7-4-5-10-25(22)32)36-29(28(23)27(37)11-12-38)21-9-6-8-20(13-21)24-15-33-19-34-16-24/h4-10,13-16,19,27,38H,11-12,17-18H2,1-3H3,(H,35,39)/t27-,41?/m0/s1. The maximum Gasteiger partial charge on any atom is 0.270 e. The summed E-state index contributed by atoms with van der Waals surface area (Å²) < 4.78 is 29.2. The summed E-state index contributed by atoms with van der Waals surface area (Å²) in [6.07, 6.45) is 5.27. The normalized spacial score (nSPS) is 15.9. The zero-order chi connectivity index (χ0) is 29.1. The van der Waals surface area contributed by atoms with Gasteiger partial charge in [-0.15, -0.1) is 4.31 Å². The van der Waals surface area contributed by atoms with Gasteiger partial charge in [0.25, 0.3) is 5.91 Å². The molecule has 0 saturated heterocycles. The highest BCUT2D eigenvalue weighted by molar-refractivity contribution is 7.90. The highest BCUT2D eigenvalue weighted by atomic mass is 32.2. The van der Waals surface area contributed by atoms with E-state index in [-0.39, 0.29) is 24.9 Å². The number of pyridine rings is 1. The Kier molecular flexibility index (Phi) is 8.46. The topological polar surface area (TPSA) is 114 Å². The van der Waals surface area contributed by atoms with Crippen LogP contribution in [0.15, 0.2) is 73.3 Å². The zero-order valence-corrected chi connectivity index (χ0v) is 24.0. The minimum Gasteiger partial charge on any atom is -0.597 e. The van der Waals surface area contributed by atoms with Crippen LogP contribution in [-0.2, 0) is 24.5 Å². The molecule has 0 bridgehead atoms. The van der Waals surface area contributed by atoms with Crippen molar-refractivity contribution in [3.05, 3.63) is 102 Å². The summed E-state index contributed by atoms with van der Waals surface area (Å²) in [5, 5.41) is 12.8. The highest BCUT2D eigenvalue weighted by Gasteiger charge is 2.44. The number of nitrogens with zero attached hydrogens (tertiary/aromatic N) is 4. The summed E-state index contributed by atoms with van der Waals surface area (Å²) in [6.45, 7) is 5.97. The van der Waals surface area contributed by atoms with Crippen LogP contribution in [-0.4, -0.2) is 46.2 Å². The number of rotatable bonds is 8. The number of aromatic nitrogens is 3. The lowest BCUT2D eigenvalue weighted by Crippen LogP contribution is -2.42. The quantitative estimate of drug-likeness (QED) is 0.286. The molecule has 8 nitrogen and oxygen atoms in total. The molecule has 0 aliphatic carbocycles. The fourth-order valence-corrected chi connectivity index (χ4v) is 6.41. The number of carbonyl (C=O) groups is 1. The van der Waals surface area contributed by atoms with Gasteiger partial charge >= 0.3 is 0 Å². The molecule has 0 spiro atoms. The lowest BCUT2D eigenvalue weighted by atomic mass is 9.94. The van der Waals surface area contributed by atoms with Gasteiger partial charge < -0.3 is 15.0 Å². The number of nitrogens with one attached hydrogen (secondary N) is 1. The Morgan fingerprint density at radius 1 is 1.10 bits per heavy atom. The first kappa shape index (κ1) is 28.8. The second-order valence-electron chi connectivity index (χ2n) is 10.9. The van der Waals surface area contributed by atoms with Crippen LogP contribution in [0.25, 0.3) is 22.4 Å². The second-order valence-corrected chi connectivity index (χ2v) is 13.1. The van der Waals surface area contributed by atoms with Crippen molar-refractivity contribution in [2.75, 3.05) is 6.61 Å². The molecule has 0 saturated carbocycles.